The molecule has 1 fully saturated rings. The van der Waals surface area contributed by atoms with Crippen LogP contribution in [-0.2, 0) is 6.54 Å². The molecule has 20 heavy (non-hydrogen) atoms. The molecule has 2 heterocycles. The Labute approximate surface area is 121 Å². The number of pyridine rings is 1. The van der Waals surface area contributed by atoms with E-state index in [9.17, 15) is 4.79 Å². The third kappa shape index (κ3) is 4.76. The van der Waals surface area contributed by atoms with Crippen LogP contribution in [0, 0.1) is 5.92 Å². The summed E-state index contributed by atoms with van der Waals surface area (Å²) < 4.78 is 1.81. The number of nitrogens with zero attached hydrogens (tertiary/aromatic N) is 2. The summed E-state index contributed by atoms with van der Waals surface area (Å²) in [4.78, 5) is 14.2. The first-order valence-electron chi connectivity index (χ1n) is 7.88. The smallest absolute Gasteiger partial charge is 0.250 e. The third-order valence-electron chi connectivity index (χ3n) is 4.01. The zero-order valence-corrected chi connectivity index (χ0v) is 12.6. The van der Waals surface area contributed by atoms with Gasteiger partial charge >= 0.3 is 0 Å². The van der Waals surface area contributed by atoms with Crippen molar-refractivity contribution >= 4 is 0 Å². The Balaban J connectivity index is 1.85. The van der Waals surface area contributed by atoms with E-state index in [0.29, 0.717) is 0 Å². The molecule has 1 unspecified atom stereocenters. The van der Waals surface area contributed by atoms with E-state index in [4.69, 9.17) is 0 Å². The molecule has 1 aromatic rings. The highest BCUT2D eigenvalue weighted by molar-refractivity contribution is 4.93. The molecule has 1 N–H and O–H groups in total. The van der Waals surface area contributed by atoms with E-state index in [1.54, 1.807) is 12.1 Å². The van der Waals surface area contributed by atoms with Crippen molar-refractivity contribution in [2.24, 2.45) is 5.92 Å². The second kappa shape index (κ2) is 8.22. The van der Waals surface area contributed by atoms with Crippen molar-refractivity contribution in [1.29, 1.82) is 0 Å². The Bertz CT molecular complexity index is 437. The van der Waals surface area contributed by atoms with Gasteiger partial charge in [0.15, 0.2) is 0 Å². The first-order chi connectivity index (χ1) is 9.79. The van der Waals surface area contributed by atoms with Crippen molar-refractivity contribution in [3.05, 3.63) is 34.7 Å². The lowest BCUT2D eigenvalue weighted by atomic mass is 9.99. The minimum Gasteiger partial charge on any atom is -0.316 e. The molecule has 0 saturated carbocycles. The number of hydrogen-bond donors (Lipinski definition) is 1. The van der Waals surface area contributed by atoms with E-state index in [1.165, 1.54) is 25.8 Å². The molecule has 4 nitrogen and oxygen atoms in total. The molecule has 2 rings (SSSR count). The van der Waals surface area contributed by atoms with Crippen molar-refractivity contribution in [2.45, 2.75) is 32.7 Å². The van der Waals surface area contributed by atoms with Crippen LogP contribution in [0.5, 0.6) is 0 Å². The van der Waals surface area contributed by atoms with Crippen molar-refractivity contribution in [2.75, 3.05) is 32.7 Å². The van der Waals surface area contributed by atoms with Crippen molar-refractivity contribution < 1.29 is 0 Å². The van der Waals surface area contributed by atoms with Crippen molar-refractivity contribution in [3.63, 3.8) is 0 Å². The highest BCUT2D eigenvalue weighted by Crippen LogP contribution is 2.12. The summed E-state index contributed by atoms with van der Waals surface area (Å²) in [5, 5.41) is 3.48. The predicted octanol–water partition coefficient (Wildman–Crippen LogP) is 1.56. The molecule has 4 heteroatoms. The van der Waals surface area contributed by atoms with E-state index in [0.717, 1.165) is 38.6 Å². The van der Waals surface area contributed by atoms with Crippen LogP contribution in [0.25, 0.3) is 0 Å². The summed E-state index contributed by atoms with van der Waals surface area (Å²) >= 11 is 0. The van der Waals surface area contributed by atoms with Crippen LogP contribution >= 0.6 is 0 Å². The number of piperidine rings is 1. The summed E-state index contributed by atoms with van der Waals surface area (Å²) in [5.41, 5.74) is 0.100. The lowest BCUT2D eigenvalue weighted by molar-refractivity contribution is 0.201. The Kier molecular flexibility index (Phi) is 6.27. The molecule has 0 bridgehead atoms. The Morgan fingerprint density at radius 2 is 2.30 bits per heavy atom. The topological polar surface area (TPSA) is 37.3 Å². The van der Waals surface area contributed by atoms with Gasteiger partial charge in [0.2, 0.25) is 0 Å². The Morgan fingerprint density at radius 1 is 1.40 bits per heavy atom. The minimum atomic E-state index is 0.100. The fraction of sp³-hybridized carbons (Fsp3) is 0.688. The lowest BCUT2D eigenvalue weighted by Gasteiger charge is -2.30. The molecular formula is C16H27N3O. The van der Waals surface area contributed by atoms with E-state index in [1.807, 2.05) is 16.8 Å². The first-order valence-corrected chi connectivity index (χ1v) is 7.88. The van der Waals surface area contributed by atoms with Gasteiger partial charge in [0.25, 0.3) is 5.56 Å². The maximum Gasteiger partial charge on any atom is 0.250 e. The predicted molar refractivity (Wildman–Crippen MR) is 83.0 cm³/mol. The van der Waals surface area contributed by atoms with Gasteiger partial charge in [0.1, 0.15) is 0 Å². The summed E-state index contributed by atoms with van der Waals surface area (Å²) in [7, 11) is 0. The van der Waals surface area contributed by atoms with Gasteiger partial charge in [-0.1, -0.05) is 13.0 Å². The number of hydrogen-bond acceptors (Lipinski definition) is 3. The number of rotatable bonds is 7. The Morgan fingerprint density at radius 3 is 3.00 bits per heavy atom. The molecule has 0 spiro atoms. The first kappa shape index (κ1) is 15.3. The summed E-state index contributed by atoms with van der Waals surface area (Å²) in [6, 6.07) is 5.36. The fourth-order valence-corrected chi connectivity index (χ4v) is 2.95. The maximum absolute atomic E-state index is 11.7. The number of nitrogens with one attached hydrogen (secondary N) is 1. The molecule has 1 atom stereocenters. The molecule has 1 aliphatic heterocycles. The van der Waals surface area contributed by atoms with Crippen LogP contribution in [0.15, 0.2) is 29.2 Å². The van der Waals surface area contributed by atoms with Gasteiger partial charge in [0, 0.05) is 31.9 Å². The molecular weight excluding hydrogens is 250 g/mol. The molecule has 112 valence electrons. The monoisotopic (exact) mass is 277 g/mol. The second-order valence-electron chi connectivity index (χ2n) is 5.75. The highest BCUT2D eigenvalue weighted by Gasteiger charge is 2.16. The number of aromatic nitrogens is 1. The van der Waals surface area contributed by atoms with Crippen molar-refractivity contribution in [1.82, 2.24) is 14.8 Å². The largest absolute Gasteiger partial charge is 0.316 e. The molecule has 0 aromatic carbocycles. The van der Waals surface area contributed by atoms with E-state index in [2.05, 4.69) is 17.1 Å². The van der Waals surface area contributed by atoms with E-state index < -0.39 is 0 Å². The normalized spacial score (nSPS) is 19.4. The van der Waals surface area contributed by atoms with Crippen molar-refractivity contribution in [3.8, 4) is 0 Å². The van der Waals surface area contributed by atoms with Crippen LogP contribution in [0.1, 0.15) is 26.2 Å². The zero-order chi connectivity index (χ0) is 14.2. The van der Waals surface area contributed by atoms with E-state index >= 15 is 0 Å². The summed E-state index contributed by atoms with van der Waals surface area (Å²) in [6.07, 6.45) is 5.68. The Hall–Kier alpha value is -1.13. The maximum atomic E-state index is 11.7. The van der Waals surface area contributed by atoms with Gasteiger partial charge in [-0.25, -0.2) is 0 Å². The molecule has 1 aliphatic rings. The average molecular weight is 277 g/mol. The van der Waals surface area contributed by atoms with Crippen LogP contribution in [0.2, 0.25) is 0 Å². The van der Waals surface area contributed by atoms with Gasteiger partial charge in [-0.2, -0.15) is 0 Å². The standard InChI is InChI=1S/C16H27N3O/c1-2-9-18(14-15-6-5-8-17-13-15)11-12-19-10-4-3-7-16(19)20/h3-4,7,10,15,17H,2,5-6,8-9,11-14H2,1H3. The fourth-order valence-electron chi connectivity index (χ4n) is 2.95. The third-order valence-corrected chi connectivity index (χ3v) is 4.01. The lowest BCUT2D eigenvalue weighted by Crippen LogP contribution is -2.40. The van der Waals surface area contributed by atoms with E-state index in [-0.39, 0.29) is 5.56 Å². The molecule has 0 aliphatic carbocycles. The SMILES string of the molecule is CCCN(CCn1ccccc1=O)CC1CCCNC1. The van der Waals surface area contributed by atoms with Crippen LogP contribution in [0.3, 0.4) is 0 Å². The van der Waals surface area contributed by atoms with Crippen LogP contribution < -0.4 is 10.9 Å². The quantitative estimate of drug-likeness (QED) is 0.822. The van der Waals surface area contributed by atoms with Gasteiger partial charge in [-0.05, 0) is 50.9 Å². The molecule has 1 saturated heterocycles. The zero-order valence-electron chi connectivity index (χ0n) is 12.6. The van der Waals surface area contributed by atoms with Gasteiger partial charge < -0.3 is 14.8 Å². The summed E-state index contributed by atoms with van der Waals surface area (Å²) in [5.74, 6) is 0.766. The molecule has 0 amide bonds. The second-order valence-corrected chi connectivity index (χ2v) is 5.75. The molecule has 0 radical (unpaired) electrons. The minimum absolute atomic E-state index is 0.100. The van der Waals surface area contributed by atoms with Crippen LogP contribution in [0.4, 0.5) is 0 Å². The summed E-state index contributed by atoms with van der Waals surface area (Å²) in [6.45, 7) is 8.57. The van der Waals surface area contributed by atoms with Gasteiger partial charge in [-0.3, -0.25) is 4.79 Å². The van der Waals surface area contributed by atoms with Crippen LogP contribution in [-0.4, -0.2) is 42.2 Å². The van der Waals surface area contributed by atoms with Gasteiger partial charge in [-0.15, -0.1) is 0 Å². The highest BCUT2D eigenvalue weighted by atomic mass is 16.1. The average Bonchev–Trinajstić information content (AvgIpc) is 2.47. The van der Waals surface area contributed by atoms with Gasteiger partial charge in [0.05, 0.1) is 0 Å². The molecule has 1 aromatic heterocycles.